The summed E-state index contributed by atoms with van der Waals surface area (Å²) in [7, 11) is 0. The van der Waals surface area contributed by atoms with Crippen LogP contribution < -0.4 is 5.32 Å². The fourth-order valence-electron chi connectivity index (χ4n) is 2.73. The number of carbonyl (C=O) groups excluding carboxylic acids is 1. The molecule has 0 aromatic heterocycles. The van der Waals surface area contributed by atoms with Gasteiger partial charge < -0.3 is 43.6 Å². The second kappa shape index (κ2) is 28.9. The molecule has 0 fully saturated rings. The molecule has 1 amide bonds. The van der Waals surface area contributed by atoms with Crippen LogP contribution in [0.3, 0.4) is 0 Å². The van der Waals surface area contributed by atoms with Crippen molar-refractivity contribution in [2.24, 2.45) is 0 Å². The molecule has 0 aliphatic heterocycles. The Labute approximate surface area is 210 Å². The molecule has 0 heterocycles. The molecule has 0 rings (SSSR count). The number of rotatable bonds is 29. The minimum absolute atomic E-state index is 0.289. The maximum atomic E-state index is 11.3. The van der Waals surface area contributed by atoms with E-state index in [9.17, 15) is 9.59 Å². The predicted molar refractivity (Wildman–Crippen MR) is 130 cm³/mol. The number of carbonyl (C=O) groups is 2. The number of aliphatic carboxylic acids is 1. The van der Waals surface area contributed by atoms with E-state index >= 15 is 0 Å². The smallest absolute Gasteiger partial charge is 0.329 e. The lowest BCUT2D eigenvalue weighted by molar-refractivity contribution is -0.143. The Bertz CT molecular complexity index is 468. The molecular weight excluding hydrogens is 462 g/mol. The van der Waals surface area contributed by atoms with Gasteiger partial charge in [-0.3, -0.25) is 4.79 Å². The molecule has 0 atom stereocenters. The zero-order valence-corrected chi connectivity index (χ0v) is 21.5. The largest absolute Gasteiger partial charge is 0.480 e. The molecule has 0 bridgehead atoms. The summed E-state index contributed by atoms with van der Waals surface area (Å²) in [5.41, 5.74) is 0. The highest BCUT2D eigenvalue weighted by Crippen LogP contribution is 2.04. The number of ether oxygens (including phenoxy) is 7. The quantitative estimate of drug-likeness (QED) is 0.144. The van der Waals surface area contributed by atoms with Crippen LogP contribution >= 0.6 is 0 Å². The molecule has 0 aromatic carbocycles. The molecular formula is C24H47NO10. The van der Waals surface area contributed by atoms with Gasteiger partial charge in [0.2, 0.25) is 5.91 Å². The summed E-state index contributed by atoms with van der Waals surface area (Å²) in [6, 6.07) is 0. The van der Waals surface area contributed by atoms with E-state index in [0.29, 0.717) is 79.2 Å². The topological polar surface area (TPSA) is 131 Å². The van der Waals surface area contributed by atoms with Crippen molar-refractivity contribution in [1.29, 1.82) is 0 Å². The van der Waals surface area contributed by atoms with Crippen LogP contribution in [0.1, 0.15) is 45.4 Å². The maximum absolute atomic E-state index is 11.3. The summed E-state index contributed by atoms with van der Waals surface area (Å²) >= 11 is 0. The van der Waals surface area contributed by atoms with Gasteiger partial charge in [-0.25, -0.2) is 4.79 Å². The molecule has 2 N–H and O–H groups in total. The van der Waals surface area contributed by atoms with Gasteiger partial charge in [0.05, 0.1) is 72.7 Å². The van der Waals surface area contributed by atoms with Crippen molar-refractivity contribution < 1.29 is 47.9 Å². The molecule has 0 saturated heterocycles. The second-order valence-corrected chi connectivity index (χ2v) is 7.68. The van der Waals surface area contributed by atoms with Gasteiger partial charge >= 0.3 is 5.97 Å². The van der Waals surface area contributed by atoms with Gasteiger partial charge in [-0.1, -0.05) is 39.0 Å². The highest BCUT2D eigenvalue weighted by atomic mass is 16.6. The van der Waals surface area contributed by atoms with Gasteiger partial charge in [-0.2, -0.15) is 0 Å². The molecule has 0 aliphatic rings. The molecule has 208 valence electrons. The first-order valence-corrected chi connectivity index (χ1v) is 12.7. The first kappa shape index (κ1) is 33.7. The van der Waals surface area contributed by atoms with Gasteiger partial charge in [0.1, 0.15) is 13.2 Å². The summed E-state index contributed by atoms with van der Waals surface area (Å²) in [6.07, 6.45) is 7.62. The lowest BCUT2D eigenvalue weighted by Crippen LogP contribution is -2.31. The summed E-state index contributed by atoms with van der Waals surface area (Å²) in [5.74, 6) is -1.50. The van der Waals surface area contributed by atoms with Crippen LogP contribution in [-0.2, 0) is 42.7 Å². The fourth-order valence-corrected chi connectivity index (χ4v) is 2.73. The van der Waals surface area contributed by atoms with Crippen molar-refractivity contribution >= 4 is 11.9 Å². The van der Waals surface area contributed by atoms with Crippen molar-refractivity contribution in [1.82, 2.24) is 5.32 Å². The number of nitrogens with one attached hydrogen (secondary N) is 1. The van der Waals surface area contributed by atoms with E-state index < -0.39 is 12.6 Å². The average molecular weight is 510 g/mol. The van der Waals surface area contributed by atoms with Crippen LogP contribution in [-0.4, -0.2) is 116 Å². The van der Waals surface area contributed by atoms with Gasteiger partial charge in [0.25, 0.3) is 0 Å². The first-order valence-electron chi connectivity index (χ1n) is 12.7. The summed E-state index contributed by atoms with van der Waals surface area (Å²) < 4.78 is 37.2. The zero-order chi connectivity index (χ0) is 25.7. The Hall–Kier alpha value is -1.34. The molecule has 0 saturated carbocycles. The number of amides is 1. The van der Waals surface area contributed by atoms with E-state index in [1.54, 1.807) is 0 Å². The van der Waals surface area contributed by atoms with E-state index in [1.807, 2.05) is 0 Å². The number of carboxylic acid groups (broad SMARTS) is 1. The standard InChI is InChI=1S/C24H47NO10/c1-2-3-4-5-6-7-9-29-11-13-31-15-17-33-19-20-34-18-16-32-14-12-30-10-8-25-23(26)21-35-22-24(27)28/h2-22H2,1H3,(H,25,26)(H,27,28). The lowest BCUT2D eigenvalue weighted by atomic mass is 10.1. The first-order chi connectivity index (χ1) is 17.2. The van der Waals surface area contributed by atoms with E-state index in [2.05, 4.69) is 17.0 Å². The molecule has 11 heteroatoms. The van der Waals surface area contributed by atoms with Crippen molar-refractivity contribution in [2.75, 3.05) is 99.0 Å². The number of carboxylic acids is 1. The molecule has 0 spiro atoms. The molecule has 0 aliphatic carbocycles. The van der Waals surface area contributed by atoms with Crippen LogP contribution in [0.25, 0.3) is 0 Å². The molecule has 11 nitrogen and oxygen atoms in total. The number of hydrogen-bond acceptors (Lipinski definition) is 9. The van der Waals surface area contributed by atoms with Gasteiger partial charge in [-0.05, 0) is 6.42 Å². The third-order valence-corrected chi connectivity index (χ3v) is 4.53. The molecule has 0 aromatic rings. The minimum Gasteiger partial charge on any atom is -0.480 e. The summed E-state index contributed by atoms with van der Waals surface area (Å²) in [5, 5.41) is 10.9. The summed E-state index contributed by atoms with van der Waals surface area (Å²) in [6.45, 7) is 7.97. The van der Waals surface area contributed by atoms with Crippen molar-refractivity contribution in [2.45, 2.75) is 45.4 Å². The van der Waals surface area contributed by atoms with E-state index in [-0.39, 0.29) is 12.5 Å². The zero-order valence-electron chi connectivity index (χ0n) is 21.5. The van der Waals surface area contributed by atoms with Crippen LogP contribution in [0.5, 0.6) is 0 Å². The number of hydrogen-bond donors (Lipinski definition) is 2. The van der Waals surface area contributed by atoms with Gasteiger partial charge in [0.15, 0.2) is 0 Å². The molecule has 0 unspecified atom stereocenters. The highest BCUT2D eigenvalue weighted by Gasteiger charge is 2.03. The average Bonchev–Trinajstić information content (AvgIpc) is 2.83. The fraction of sp³-hybridized carbons (Fsp3) is 0.917. The Morgan fingerprint density at radius 2 is 0.971 bits per heavy atom. The highest BCUT2D eigenvalue weighted by molar-refractivity contribution is 5.77. The third-order valence-electron chi connectivity index (χ3n) is 4.53. The predicted octanol–water partition coefficient (Wildman–Crippen LogP) is 1.66. The number of unbranched alkanes of at least 4 members (excludes halogenated alkanes) is 5. The van der Waals surface area contributed by atoms with E-state index in [4.69, 9.17) is 33.5 Å². The molecule has 0 radical (unpaired) electrons. The van der Waals surface area contributed by atoms with Gasteiger partial charge in [-0.15, -0.1) is 0 Å². The maximum Gasteiger partial charge on any atom is 0.329 e. The second-order valence-electron chi connectivity index (χ2n) is 7.68. The SMILES string of the molecule is CCCCCCCCOCCOCCOCCOCCOCCOCCNC(=O)COCC(=O)O. The van der Waals surface area contributed by atoms with Gasteiger partial charge in [0, 0.05) is 13.2 Å². The van der Waals surface area contributed by atoms with Crippen LogP contribution in [0.4, 0.5) is 0 Å². The van der Waals surface area contributed by atoms with Crippen LogP contribution in [0, 0.1) is 0 Å². The Kier molecular flexibility index (Phi) is 27.8. The Balaban J connectivity index is 3.09. The third kappa shape index (κ3) is 30.6. The van der Waals surface area contributed by atoms with Crippen LogP contribution in [0.2, 0.25) is 0 Å². The molecule has 35 heavy (non-hydrogen) atoms. The Morgan fingerprint density at radius 3 is 1.46 bits per heavy atom. The minimum atomic E-state index is -1.11. The lowest BCUT2D eigenvalue weighted by Gasteiger charge is -2.08. The van der Waals surface area contributed by atoms with Crippen molar-refractivity contribution in [3.63, 3.8) is 0 Å². The van der Waals surface area contributed by atoms with Crippen molar-refractivity contribution in [3.05, 3.63) is 0 Å². The summed E-state index contributed by atoms with van der Waals surface area (Å²) in [4.78, 5) is 21.6. The van der Waals surface area contributed by atoms with Crippen LogP contribution in [0.15, 0.2) is 0 Å². The van der Waals surface area contributed by atoms with E-state index in [0.717, 1.165) is 13.0 Å². The monoisotopic (exact) mass is 509 g/mol. The normalized spacial score (nSPS) is 11.1. The van der Waals surface area contributed by atoms with Crippen molar-refractivity contribution in [3.8, 4) is 0 Å². The Morgan fingerprint density at radius 1 is 0.543 bits per heavy atom. The van der Waals surface area contributed by atoms with E-state index in [1.165, 1.54) is 32.1 Å².